The van der Waals surface area contributed by atoms with Crippen LogP contribution in [0.2, 0.25) is 10.0 Å². The summed E-state index contributed by atoms with van der Waals surface area (Å²) in [7, 11) is 0. The van der Waals surface area contributed by atoms with Crippen LogP contribution in [0, 0.1) is 50.5 Å². The van der Waals surface area contributed by atoms with Crippen LogP contribution in [0.15, 0.2) is 12.1 Å². The van der Waals surface area contributed by atoms with Crippen LogP contribution in [0.5, 0.6) is 0 Å². The van der Waals surface area contributed by atoms with Crippen molar-refractivity contribution >= 4 is 34.1 Å². The van der Waals surface area contributed by atoms with E-state index < -0.39 is 5.82 Å². The van der Waals surface area contributed by atoms with Gasteiger partial charge in [-0.1, -0.05) is 23.2 Å². The molecule has 125 valence electrons. The minimum absolute atomic E-state index is 0. The Morgan fingerprint density at radius 3 is 2.82 bits per heavy atom. The Balaban J connectivity index is 0.00000176. The molecule has 3 rings (SSSR count). The van der Waals surface area contributed by atoms with Gasteiger partial charge in [-0.2, -0.15) is 6.42 Å². The molecule has 1 aliphatic rings. The molecule has 0 spiro atoms. The molecule has 1 radical (unpaired) electrons. The Morgan fingerprint density at radius 2 is 2.09 bits per heavy atom. The summed E-state index contributed by atoms with van der Waals surface area (Å²) in [6.45, 7) is 7.45. The molecule has 7 heteroatoms. The second kappa shape index (κ2) is 8.02. The van der Waals surface area contributed by atoms with Crippen molar-refractivity contribution in [2.24, 2.45) is 0 Å². The van der Waals surface area contributed by atoms with Gasteiger partial charge in [0.1, 0.15) is 5.82 Å². The molecule has 3 nitrogen and oxygen atoms in total. The number of hydrogen-bond acceptors (Lipinski definition) is 2. The van der Waals surface area contributed by atoms with Gasteiger partial charge in [0.2, 0.25) is 0 Å². The van der Waals surface area contributed by atoms with E-state index in [2.05, 4.69) is 22.1 Å². The third-order valence-electron chi connectivity index (χ3n) is 3.93. The van der Waals surface area contributed by atoms with E-state index in [0.717, 1.165) is 37.3 Å². The van der Waals surface area contributed by atoms with Crippen molar-refractivity contribution in [3.63, 3.8) is 0 Å². The van der Waals surface area contributed by atoms with Crippen LogP contribution in [0.3, 0.4) is 0 Å². The van der Waals surface area contributed by atoms with Crippen LogP contribution in [0.1, 0.15) is 12.1 Å². The Labute approximate surface area is 169 Å². The summed E-state index contributed by atoms with van der Waals surface area (Å²) in [5.74, 6) is -0.448. The molecule has 0 saturated carbocycles. The van der Waals surface area contributed by atoms with Crippen LogP contribution in [0.4, 0.5) is 4.39 Å². The van der Waals surface area contributed by atoms with Gasteiger partial charge < -0.3 is 17.2 Å². The summed E-state index contributed by atoms with van der Waals surface area (Å²) in [4.78, 5) is 5.56. The monoisotopic (exact) mass is 493 g/mol. The van der Waals surface area contributed by atoms with Gasteiger partial charge in [-0.15, -0.1) is 0 Å². The molecule has 1 aromatic heterocycles. The molecule has 0 bridgehead atoms. The summed E-state index contributed by atoms with van der Waals surface area (Å²) in [5, 5.41) is 4.58. The van der Waals surface area contributed by atoms with Crippen molar-refractivity contribution in [3.05, 3.63) is 40.6 Å². The number of nitrogens with zero attached hydrogens (tertiary/aromatic N) is 1. The molecule has 1 saturated heterocycles. The molecule has 2 aromatic rings. The Bertz CT molecular complexity index is 662. The number of H-pyrrole nitrogens is 1. The standard InChI is InChI=1S/C15H17Cl2FN3.Ho/c1-2-9-7-21(6-5-19-9)8-12-15(17)13-11(20-12)4-3-10(18)14(13)16;/h3-4,9,19-20H,1-2,5-8H2;/q-1;/t9-;/m0./s1. The van der Waals surface area contributed by atoms with Crippen LogP contribution < -0.4 is 5.32 Å². The molecule has 1 atom stereocenters. The minimum atomic E-state index is -0.448. The SMILES string of the molecule is [CH2-]C[C@H]1CN(Cc2[nH]c3ccc(F)c(Cl)c3c2Cl)CCN1.[Ho]. The second-order valence-electron chi connectivity index (χ2n) is 5.38. The first-order chi connectivity index (χ1) is 10.1. The number of rotatable bonds is 3. The third kappa shape index (κ3) is 3.75. The van der Waals surface area contributed by atoms with Gasteiger partial charge in [0.05, 0.1) is 10.0 Å². The molecule has 1 fully saturated rings. The first-order valence-electron chi connectivity index (χ1n) is 6.99. The third-order valence-corrected chi connectivity index (χ3v) is 4.72. The number of benzene rings is 1. The van der Waals surface area contributed by atoms with E-state index in [1.54, 1.807) is 6.07 Å². The number of hydrogen-bond donors (Lipinski definition) is 2. The van der Waals surface area contributed by atoms with E-state index in [1.807, 2.05) is 0 Å². The van der Waals surface area contributed by atoms with Crippen molar-refractivity contribution in [1.29, 1.82) is 0 Å². The normalized spacial score (nSPS) is 19.4. The molecular weight excluding hydrogens is 477 g/mol. The zero-order valence-corrected chi connectivity index (χ0v) is 15.3. The van der Waals surface area contributed by atoms with Crippen molar-refractivity contribution in [2.45, 2.75) is 19.0 Å². The predicted octanol–water partition coefficient (Wildman–Crippen LogP) is 3.61. The minimum Gasteiger partial charge on any atom is -0.356 e. The van der Waals surface area contributed by atoms with Gasteiger partial charge in [-0.05, 0) is 18.2 Å². The molecule has 0 unspecified atom stereocenters. The smallest absolute Gasteiger partial charge is 0.142 e. The Kier molecular flexibility index (Phi) is 6.84. The Hall–Kier alpha value is 0.450. The molecule has 2 heterocycles. The molecular formula is C15H17Cl2FHoN3-. The van der Waals surface area contributed by atoms with Crippen molar-refractivity contribution in [1.82, 2.24) is 15.2 Å². The number of nitrogens with one attached hydrogen (secondary N) is 2. The summed E-state index contributed by atoms with van der Waals surface area (Å²) < 4.78 is 13.6. The topological polar surface area (TPSA) is 31.1 Å². The molecule has 2 N–H and O–H groups in total. The quantitative estimate of drug-likeness (QED) is 0.505. The fourth-order valence-corrected chi connectivity index (χ4v) is 3.41. The van der Waals surface area contributed by atoms with Crippen LogP contribution in [-0.4, -0.2) is 35.6 Å². The number of halogens is 3. The van der Waals surface area contributed by atoms with Crippen LogP contribution in [0.25, 0.3) is 10.9 Å². The van der Waals surface area contributed by atoms with Gasteiger partial charge in [-0.3, -0.25) is 4.90 Å². The zero-order valence-electron chi connectivity index (χ0n) is 11.9. The van der Waals surface area contributed by atoms with E-state index >= 15 is 0 Å². The molecule has 22 heavy (non-hydrogen) atoms. The number of piperazine rings is 1. The average molecular weight is 494 g/mol. The fourth-order valence-electron chi connectivity index (χ4n) is 2.80. The summed E-state index contributed by atoms with van der Waals surface area (Å²) in [6.07, 6.45) is 0.855. The van der Waals surface area contributed by atoms with Crippen LogP contribution in [-0.2, 0) is 6.54 Å². The summed E-state index contributed by atoms with van der Waals surface area (Å²) in [6, 6.07) is 3.43. The van der Waals surface area contributed by atoms with Crippen molar-refractivity contribution in [2.75, 3.05) is 19.6 Å². The van der Waals surface area contributed by atoms with Gasteiger partial charge in [-0.25, -0.2) is 4.39 Å². The first kappa shape index (κ1) is 18.8. The number of aromatic amines is 1. The molecule has 1 aliphatic heterocycles. The van der Waals surface area contributed by atoms with E-state index in [1.165, 1.54) is 6.07 Å². The molecule has 0 amide bonds. The maximum atomic E-state index is 13.6. The van der Waals surface area contributed by atoms with E-state index in [0.29, 0.717) is 23.0 Å². The molecule has 0 aliphatic carbocycles. The van der Waals surface area contributed by atoms with Crippen molar-refractivity contribution < 1.29 is 42.1 Å². The maximum absolute atomic E-state index is 13.6. The van der Waals surface area contributed by atoms with E-state index in [-0.39, 0.29) is 42.8 Å². The second-order valence-corrected chi connectivity index (χ2v) is 6.13. The van der Waals surface area contributed by atoms with E-state index in [9.17, 15) is 4.39 Å². The summed E-state index contributed by atoms with van der Waals surface area (Å²) >= 11 is 12.4. The van der Waals surface area contributed by atoms with Gasteiger partial charge >= 0.3 is 0 Å². The number of fused-ring (bicyclic) bond motifs is 1. The van der Waals surface area contributed by atoms with Gasteiger partial charge in [0.15, 0.2) is 0 Å². The average Bonchev–Trinajstić information content (AvgIpc) is 2.80. The van der Waals surface area contributed by atoms with Crippen LogP contribution >= 0.6 is 23.2 Å². The van der Waals surface area contributed by atoms with Gasteiger partial charge in [0.25, 0.3) is 0 Å². The fraction of sp³-hybridized carbons (Fsp3) is 0.400. The van der Waals surface area contributed by atoms with E-state index in [4.69, 9.17) is 23.2 Å². The maximum Gasteiger partial charge on any atom is 0.142 e. The Morgan fingerprint density at radius 1 is 1.32 bits per heavy atom. The zero-order chi connectivity index (χ0) is 15.0. The number of aromatic nitrogens is 1. The van der Waals surface area contributed by atoms with Crippen molar-refractivity contribution in [3.8, 4) is 0 Å². The molecule has 1 aromatic carbocycles. The summed E-state index contributed by atoms with van der Waals surface area (Å²) in [5.41, 5.74) is 1.65. The van der Waals surface area contributed by atoms with Gasteiger partial charge in [0, 0.05) is 80.5 Å². The first-order valence-corrected chi connectivity index (χ1v) is 7.74. The largest absolute Gasteiger partial charge is 0.356 e. The predicted molar refractivity (Wildman–Crippen MR) is 85.3 cm³/mol.